The van der Waals surface area contributed by atoms with Gasteiger partial charge in [0.05, 0.1) is 12.6 Å². The lowest BCUT2D eigenvalue weighted by molar-refractivity contribution is -0.135. The van der Waals surface area contributed by atoms with Crippen molar-refractivity contribution in [3.05, 3.63) is 0 Å². The van der Waals surface area contributed by atoms with Gasteiger partial charge in [-0.1, -0.05) is 12.8 Å². The summed E-state index contributed by atoms with van der Waals surface area (Å²) in [6.45, 7) is 1.72. The molecule has 0 spiro atoms. The number of amides is 2. The summed E-state index contributed by atoms with van der Waals surface area (Å²) in [6, 6.07) is -0.791. The summed E-state index contributed by atoms with van der Waals surface area (Å²) in [7, 11) is 0. The standard InChI is InChI=1S/C17H27F2N3O2/c18-17(19)11-14(20-12-17)16(24)22-7-3-6-21(8-9-22)15(23)10-13-4-1-2-5-13/h13-14,20H,1-12H2. The Morgan fingerprint density at radius 1 is 1.00 bits per heavy atom. The van der Waals surface area contributed by atoms with Crippen LogP contribution in [0.5, 0.6) is 0 Å². The third-order valence-electron chi connectivity index (χ3n) is 5.51. The van der Waals surface area contributed by atoms with Gasteiger partial charge in [0.1, 0.15) is 0 Å². The van der Waals surface area contributed by atoms with Crippen molar-refractivity contribution in [2.45, 2.75) is 56.9 Å². The van der Waals surface area contributed by atoms with Crippen LogP contribution >= 0.6 is 0 Å². The topological polar surface area (TPSA) is 52.7 Å². The maximum Gasteiger partial charge on any atom is 0.262 e. The Hall–Kier alpha value is -1.24. The molecule has 2 amide bonds. The zero-order chi connectivity index (χ0) is 17.2. The van der Waals surface area contributed by atoms with E-state index in [9.17, 15) is 18.4 Å². The number of nitrogens with one attached hydrogen (secondary N) is 1. The van der Waals surface area contributed by atoms with Crippen LogP contribution in [0.3, 0.4) is 0 Å². The third kappa shape index (κ3) is 4.23. The van der Waals surface area contributed by atoms with Crippen LogP contribution in [0.15, 0.2) is 0 Å². The molecule has 0 aromatic rings. The van der Waals surface area contributed by atoms with E-state index < -0.39 is 24.9 Å². The number of carbonyl (C=O) groups is 2. The van der Waals surface area contributed by atoms with Gasteiger partial charge in [0.15, 0.2) is 0 Å². The maximum atomic E-state index is 13.3. The average molecular weight is 343 g/mol. The Kier molecular flexibility index (Phi) is 5.37. The molecule has 3 fully saturated rings. The summed E-state index contributed by atoms with van der Waals surface area (Å²) in [5.41, 5.74) is 0. The van der Waals surface area contributed by atoms with Crippen LogP contribution in [0.4, 0.5) is 8.78 Å². The summed E-state index contributed by atoms with van der Waals surface area (Å²) in [5, 5.41) is 2.62. The van der Waals surface area contributed by atoms with Gasteiger partial charge in [-0.15, -0.1) is 0 Å². The molecule has 5 nitrogen and oxygen atoms in total. The van der Waals surface area contributed by atoms with Crippen molar-refractivity contribution in [1.29, 1.82) is 0 Å². The first-order valence-corrected chi connectivity index (χ1v) is 9.12. The van der Waals surface area contributed by atoms with Gasteiger partial charge in [0.25, 0.3) is 5.92 Å². The molecule has 1 N–H and O–H groups in total. The predicted octanol–water partition coefficient (Wildman–Crippen LogP) is 1.62. The SMILES string of the molecule is O=C(CC1CCCC1)N1CCCN(C(=O)C2CC(F)(F)CN2)CC1. The van der Waals surface area contributed by atoms with E-state index in [4.69, 9.17) is 0 Å². The molecule has 2 aliphatic heterocycles. The van der Waals surface area contributed by atoms with E-state index in [-0.39, 0.29) is 11.8 Å². The van der Waals surface area contributed by atoms with E-state index in [1.54, 1.807) is 4.90 Å². The fourth-order valence-electron chi connectivity index (χ4n) is 4.09. The second-order valence-corrected chi connectivity index (χ2v) is 7.41. The number of alkyl halides is 2. The van der Waals surface area contributed by atoms with Crippen LogP contribution in [0, 0.1) is 5.92 Å². The zero-order valence-electron chi connectivity index (χ0n) is 14.1. The summed E-state index contributed by atoms with van der Waals surface area (Å²) in [5.74, 6) is -2.35. The molecule has 0 aromatic carbocycles. The fraction of sp³-hybridized carbons (Fsp3) is 0.882. The minimum Gasteiger partial charge on any atom is -0.341 e. The molecule has 0 aromatic heterocycles. The molecular formula is C17H27F2N3O2. The van der Waals surface area contributed by atoms with Gasteiger partial charge in [0, 0.05) is 39.0 Å². The highest BCUT2D eigenvalue weighted by molar-refractivity contribution is 5.82. The van der Waals surface area contributed by atoms with Crippen molar-refractivity contribution < 1.29 is 18.4 Å². The maximum absolute atomic E-state index is 13.3. The highest BCUT2D eigenvalue weighted by atomic mass is 19.3. The fourth-order valence-corrected chi connectivity index (χ4v) is 4.09. The molecule has 0 bridgehead atoms. The van der Waals surface area contributed by atoms with Crippen LogP contribution < -0.4 is 5.32 Å². The zero-order valence-corrected chi connectivity index (χ0v) is 14.1. The highest BCUT2D eigenvalue weighted by Gasteiger charge is 2.43. The van der Waals surface area contributed by atoms with Crippen LogP contribution in [0.2, 0.25) is 0 Å². The molecule has 7 heteroatoms. The molecular weight excluding hydrogens is 316 g/mol. The first-order valence-electron chi connectivity index (χ1n) is 9.12. The monoisotopic (exact) mass is 343 g/mol. The summed E-state index contributed by atoms with van der Waals surface area (Å²) < 4.78 is 26.6. The molecule has 1 aliphatic carbocycles. The van der Waals surface area contributed by atoms with E-state index in [1.165, 1.54) is 12.8 Å². The molecule has 24 heavy (non-hydrogen) atoms. The first kappa shape index (κ1) is 17.6. The Bertz CT molecular complexity index is 480. The Morgan fingerprint density at radius 2 is 1.67 bits per heavy atom. The van der Waals surface area contributed by atoms with Gasteiger partial charge in [-0.2, -0.15) is 0 Å². The van der Waals surface area contributed by atoms with Gasteiger partial charge < -0.3 is 9.80 Å². The van der Waals surface area contributed by atoms with E-state index >= 15 is 0 Å². The van der Waals surface area contributed by atoms with Gasteiger partial charge in [-0.05, 0) is 25.2 Å². The van der Waals surface area contributed by atoms with Crippen molar-refractivity contribution in [1.82, 2.24) is 15.1 Å². The Labute approximate surface area is 141 Å². The predicted molar refractivity (Wildman–Crippen MR) is 85.7 cm³/mol. The Morgan fingerprint density at radius 3 is 2.33 bits per heavy atom. The van der Waals surface area contributed by atoms with E-state index in [1.807, 2.05) is 4.90 Å². The summed E-state index contributed by atoms with van der Waals surface area (Å²) >= 11 is 0. The lowest BCUT2D eigenvalue weighted by Gasteiger charge is -2.25. The second kappa shape index (κ2) is 7.33. The van der Waals surface area contributed by atoms with E-state index in [0.717, 1.165) is 12.8 Å². The molecule has 1 atom stereocenters. The molecule has 0 radical (unpaired) electrons. The Balaban J connectivity index is 1.49. The number of hydrogen-bond donors (Lipinski definition) is 1. The number of nitrogens with zero attached hydrogens (tertiary/aromatic N) is 2. The van der Waals surface area contributed by atoms with Crippen LogP contribution in [-0.4, -0.2) is 66.3 Å². The lowest BCUT2D eigenvalue weighted by Crippen LogP contribution is -2.45. The molecule has 1 saturated carbocycles. The summed E-state index contributed by atoms with van der Waals surface area (Å²) in [4.78, 5) is 28.3. The molecule has 2 saturated heterocycles. The lowest BCUT2D eigenvalue weighted by atomic mass is 10.0. The number of carbonyl (C=O) groups excluding carboxylic acids is 2. The largest absolute Gasteiger partial charge is 0.341 e. The number of rotatable bonds is 3. The van der Waals surface area contributed by atoms with Crippen LogP contribution in [-0.2, 0) is 9.59 Å². The van der Waals surface area contributed by atoms with E-state index in [2.05, 4.69) is 5.32 Å². The van der Waals surface area contributed by atoms with Crippen LogP contribution in [0.25, 0.3) is 0 Å². The third-order valence-corrected chi connectivity index (χ3v) is 5.51. The van der Waals surface area contributed by atoms with Crippen molar-refractivity contribution in [2.24, 2.45) is 5.92 Å². The van der Waals surface area contributed by atoms with E-state index in [0.29, 0.717) is 44.9 Å². The quantitative estimate of drug-likeness (QED) is 0.847. The molecule has 3 rings (SSSR count). The smallest absolute Gasteiger partial charge is 0.262 e. The summed E-state index contributed by atoms with van der Waals surface area (Å²) in [6.07, 6.45) is 5.64. The molecule has 2 heterocycles. The average Bonchev–Trinajstić information content (AvgIpc) is 3.09. The first-order chi connectivity index (χ1) is 11.4. The minimum absolute atomic E-state index is 0.182. The second-order valence-electron chi connectivity index (χ2n) is 7.41. The molecule has 136 valence electrons. The molecule has 1 unspecified atom stereocenters. The van der Waals surface area contributed by atoms with Crippen molar-refractivity contribution in [3.63, 3.8) is 0 Å². The normalized spacial score (nSPS) is 28.2. The highest BCUT2D eigenvalue weighted by Crippen LogP contribution is 2.28. The van der Waals surface area contributed by atoms with Crippen molar-refractivity contribution >= 4 is 11.8 Å². The molecule has 3 aliphatic rings. The van der Waals surface area contributed by atoms with Gasteiger partial charge in [-0.3, -0.25) is 14.9 Å². The number of hydrogen-bond acceptors (Lipinski definition) is 3. The van der Waals surface area contributed by atoms with Crippen LogP contribution in [0.1, 0.15) is 44.9 Å². The minimum atomic E-state index is -2.80. The van der Waals surface area contributed by atoms with Gasteiger partial charge in [0.2, 0.25) is 11.8 Å². The van der Waals surface area contributed by atoms with Crippen molar-refractivity contribution in [3.8, 4) is 0 Å². The van der Waals surface area contributed by atoms with Crippen molar-refractivity contribution in [2.75, 3.05) is 32.7 Å². The van der Waals surface area contributed by atoms with Gasteiger partial charge >= 0.3 is 0 Å². The number of halogens is 2. The van der Waals surface area contributed by atoms with Gasteiger partial charge in [-0.25, -0.2) is 8.78 Å².